The Morgan fingerprint density at radius 2 is 2.00 bits per heavy atom. The van der Waals surface area contributed by atoms with E-state index in [0.29, 0.717) is 6.04 Å². The highest BCUT2D eigenvalue weighted by Crippen LogP contribution is 2.21. The molecule has 0 radical (unpaired) electrons. The molecule has 0 amide bonds. The highest BCUT2D eigenvalue weighted by molar-refractivity contribution is 4.80. The average Bonchev–Trinajstić information content (AvgIpc) is 2.22. The summed E-state index contributed by atoms with van der Waals surface area (Å²) in [5.74, 6) is 0.889. The number of rotatable bonds is 5. The van der Waals surface area contributed by atoms with Gasteiger partial charge in [0.1, 0.15) is 0 Å². The number of nitrogens with zero attached hydrogens (tertiary/aromatic N) is 1. The van der Waals surface area contributed by atoms with Gasteiger partial charge in [-0.25, -0.2) is 0 Å². The molecule has 2 heteroatoms. The molecule has 1 aliphatic heterocycles. The summed E-state index contributed by atoms with van der Waals surface area (Å²) in [5, 5.41) is 3.57. The molecule has 2 nitrogen and oxygen atoms in total. The fourth-order valence-electron chi connectivity index (χ4n) is 2.54. The van der Waals surface area contributed by atoms with Crippen molar-refractivity contribution in [3.05, 3.63) is 0 Å². The Bertz CT molecular complexity index is 170. The van der Waals surface area contributed by atoms with E-state index in [2.05, 4.69) is 37.9 Å². The molecule has 0 bridgehead atoms. The van der Waals surface area contributed by atoms with E-state index >= 15 is 0 Å². The van der Waals surface area contributed by atoms with E-state index in [1.165, 1.54) is 32.4 Å². The lowest BCUT2D eigenvalue weighted by Gasteiger charge is -2.38. The second kappa shape index (κ2) is 6.49. The first kappa shape index (κ1) is 13.0. The largest absolute Gasteiger partial charge is 0.313 e. The zero-order chi connectivity index (χ0) is 11.3. The molecule has 1 N–H and O–H groups in total. The molecule has 1 rings (SSSR count). The first-order valence-corrected chi connectivity index (χ1v) is 6.64. The van der Waals surface area contributed by atoms with Crippen molar-refractivity contribution < 1.29 is 0 Å². The van der Waals surface area contributed by atoms with Crippen molar-refractivity contribution in [1.29, 1.82) is 0 Å². The molecule has 1 heterocycles. The topological polar surface area (TPSA) is 15.3 Å². The number of hydrogen-bond donors (Lipinski definition) is 1. The van der Waals surface area contributed by atoms with Crippen LogP contribution in [0.2, 0.25) is 0 Å². The maximum absolute atomic E-state index is 3.57. The average molecular weight is 212 g/mol. The first-order chi connectivity index (χ1) is 7.17. The van der Waals surface area contributed by atoms with Crippen molar-refractivity contribution in [1.82, 2.24) is 10.2 Å². The maximum Gasteiger partial charge on any atom is 0.0192 e. The monoisotopic (exact) mass is 212 g/mol. The molecule has 0 aromatic carbocycles. The molecule has 3 atom stereocenters. The number of piperidine rings is 1. The van der Waals surface area contributed by atoms with Crippen molar-refractivity contribution in [3.63, 3.8) is 0 Å². The Morgan fingerprint density at radius 1 is 1.27 bits per heavy atom. The van der Waals surface area contributed by atoms with Crippen molar-refractivity contribution in [2.75, 3.05) is 19.6 Å². The van der Waals surface area contributed by atoms with E-state index in [1.54, 1.807) is 0 Å². The van der Waals surface area contributed by atoms with Crippen molar-refractivity contribution in [2.24, 2.45) is 5.92 Å². The Morgan fingerprint density at radius 3 is 2.60 bits per heavy atom. The fraction of sp³-hybridized carbons (Fsp3) is 1.00. The van der Waals surface area contributed by atoms with E-state index in [1.807, 2.05) is 0 Å². The minimum absolute atomic E-state index is 0.683. The van der Waals surface area contributed by atoms with Gasteiger partial charge >= 0.3 is 0 Å². The van der Waals surface area contributed by atoms with Crippen LogP contribution in [0.5, 0.6) is 0 Å². The normalized spacial score (nSPS) is 30.4. The zero-order valence-electron chi connectivity index (χ0n) is 10.9. The molecule has 0 saturated carbocycles. The Balaban J connectivity index is 2.39. The van der Waals surface area contributed by atoms with Gasteiger partial charge in [-0.15, -0.1) is 0 Å². The molecule has 0 aromatic rings. The Labute approximate surface area is 95.4 Å². The maximum atomic E-state index is 3.57. The molecule has 1 fully saturated rings. The third-order valence-corrected chi connectivity index (χ3v) is 3.69. The third-order valence-electron chi connectivity index (χ3n) is 3.69. The van der Waals surface area contributed by atoms with Gasteiger partial charge in [-0.3, -0.25) is 4.90 Å². The Hall–Kier alpha value is -0.0800. The highest BCUT2D eigenvalue weighted by atomic mass is 15.2. The lowest BCUT2D eigenvalue weighted by molar-refractivity contribution is 0.111. The van der Waals surface area contributed by atoms with Crippen LogP contribution in [-0.4, -0.2) is 36.6 Å². The van der Waals surface area contributed by atoms with Crippen LogP contribution in [0.25, 0.3) is 0 Å². The summed E-state index contributed by atoms with van der Waals surface area (Å²) in [6.45, 7) is 12.9. The van der Waals surface area contributed by atoms with E-state index in [0.717, 1.165) is 18.5 Å². The predicted molar refractivity (Wildman–Crippen MR) is 67.2 cm³/mol. The van der Waals surface area contributed by atoms with Gasteiger partial charge in [-0.2, -0.15) is 0 Å². The van der Waals surface area contributed by atoms with Crippen molar-refractivity contribution in [3.8, 4) is 0 Å². The summed E-state index contributed by atoms with van der Waals surface area (Å²) < 4.78 is 0. The molecule has 1 aliphatic rings. The van der Waals surface area contributed by atoms with E-state index < -0.39 is 0 Å². The molecule has 0 aromatic heterocycles. The van der Waals surface area contributed by atoms with Gasteiger partial charge in [0, 0.05) is 25.2 Å². The van der Waals surface area contributed by atoms with Crippen LogP contribution in [0.15, 0.2) is 0 Å². The summed E-state index contributed by atoms with van der Waals surface area (Å²) in [6.07, 6.45) is 4.03. The summed E-state index contributed by atoms with van der Waals surface area (Å²) in [6, 6.07) is 1.47. The molecule has 90 valence electrons. The number of likely N-dealkylation sites (tertiary alicyclic amines) is 1. The van der Waals surface area contributed by atoms with Crippen molar-refractivity contribution in [2.45, 2.75) is 59.0 Å². The van der Waals surface area contributed by atoms with Gasteiger partial charge in [0.05, 0.1) is 0 Å². The Kier molecular flexibility index (Phi) is 5.62. The van der Waals surface area contributed by atoms with Gasteiger partial charge in [-0.1, -0.05) is 20.8 Å². The molecule has 0 aliphatic carbocycles. The zero-order valence-corrected chi connectivity index (χ0v) is 10.9. The minimum atomic E-state index is 0.683. The van der Waals surface area contributed by atoms with Crippen LogP contribution in [-0.2, 0) is 0 Å². The SMILES string of the molecule is CCNC(CC)CN1CC(C)CCC1C. The van der Waals surface area contributed by atoms with Gasteiger partial charge < -0.3 is 5.32 Å². The number of nitrogens with one attached hydrogen (secondary N) is 1. The lowest BCUT2D eigenvalue weighted by atomic mass is 9.94. The van der Waals surface area contributed by atoms with E-state index in [-0.39, 0.29) is 0 Å². The van der Waals surface area contributed by atoms with Gasteiger partial charge in [0.25, 0.3) is 0 Å². The number of likely N-dealkylation sites (N-methyl/N-ethyl adjacent to an activating group) is 1. The van der Waals surface area contributed by atoms with Crippen LogP contribution < -0.4 is 5.32 Å². The van der Waals surface area contributed by atoms with Gasteiger partial charge in [0.2, 0.25) is 0 Å². The quantitative estimate of drug-likeness (QED) is 0.753. The minimum Gasteiger partial charge on any atom is -0.313 e. The molecular weight excluding hydrogens is 184 g/mol. The smallest absolute Gasteiger partial charge is 0.0192 e. The molecule has 3 unspecified atom stereocenters. The summed E-state index contributed by atoms with van der Waals surface area (Å²) in [5.41, 5.74) is 0. The molecule has 15 heavy (non-hydrogen) atoms. The van der Waals surface area contributed by atoms with E-state index in [9.17, 15) is 0 Å². The lowest BCUT2D eigenvalue weighted by Crippen LogP contribution is -2.48. The fourth-order valence-corrected chi connectivity index (χ4v) is 2.54. The molecule has 1 saturated heterocycles. The summed E-state index contributed by atoms with van der Waals surface area (Å²) in [4.78, 5) is 2.67. The standard InChI is InChI=1S/C13H28N2/c1-5-13(14-6-2)10-15-9-11(3)7-8-12(15)4/h11-14H,5-10H2,1-4H3. The van der Waals surface area contributed by atoms with Gasteiger partial charge in [0.15, 0.2) is 0 Å². The van der Waals surface area contributed by atoms with Crippen LogP contribution in [0.4, 0.5) is 0 Å². The second-order valence-electron chi connectivity index (χ2n) is 5.15. The van der Waals surface area contributed by atoms with Crippen molar-refractivity contribution >= 4 is 0 Å². The van der Waals surface area contributed by atoms with Crippen LogP contribution in [0, 0.1) is 5.92 Å². The highest BCUT2D eigenvalue weighted by Gasteiger charge is 2.24. The molecular formula is C13H28N2. The van der Waals surface area contributed by atoms with Crippen LogP contribution >= 0.6 is 0 Å². The third kappa shape index (κ3) is 4.12. The summed E-state index contributed by atoms with van der Waals surface area (Å²) in [7, 11) is 0. The van der Waals surface area contributed by atoms with Gasteiger partial charge in [-0.05, 0) is 38.6 Å². The molecule has 0 spiro atoms. The van der Waals surface area contributed by atoms with E-state index in [4.69, 9.17) is 0 Å². The summed E-state index contributed by atoms with van der Waals surface area (Å²) >= 11 is 0. The number of hydrogen-bond acceptors (Lipinski definition) is 2. The first-order valence-electron chi connectivity index (χ1n) is 6.64. The van der Waals surface area contributed by atoms with Crippen LogP contribution in [0.3, 0.4) is 0 Å². The predicted octanol–water partition coefficient (Wildman–Crippen LogP) is 2.49. The van der Waals surface area contributed by atoms with Crippen LogP contribution in [0.1, 0.15) is 47.0 Å². The second-order valence-corrected chi connectivity index (χ2v) is 5.15.